The summed E-state index contributed by atoms with van der Waals surface area (Å²) >= 11 is 1.67. The molecule has 0 N–H and O–H groups in total. The normalized spacial score (nSPS) is 15.5. The molecule has 1 aliphatic carbocycles. The second kappa shape index (κ2) is 4.02. The lowest BCUT2D eigenvalue weighted by molar-refractivity contribution is 0.0980. The zero-order valence-corrected chi connectivity index (χ0v) is 9.93. The molecule has 16 heavy (non-hydrogen) atoms. The number of carbonyl (C=O) groups excluding carboxylic acids is 1. The fourth-order valence-electron chi connectivity index (χ4n) is 2.07. The van der Waals surface area contributed by atoms with Crippen LogP contribution in [-0.4, -0.2) is 5.78 Å². The molecular formula is C14H14OS. The molecule has 3 rings (SSSR count). The first-order valence-corrected chi connectivity index (χ1v) is 6.72. The van der Waals surface area contributed by atoms with Crippen molar-refractivity contribution in [2.24, 2.45) is 5.92 Å². The lowest BCUT2D eigenvalue weighted by Crippen LogP contribution is -1.98. The van der Waals surface area contributed by atoms with Crippen molar-refractivity contribution in [3.05, 3.63) is 35.2 Å². The summed E-state index contributed by atoms with van der Waals surface area (Å²) in [7, 11) is 0. The summed E-state index contributed by atoms with van der Waals surface area (Å²) in [5.74, 6) is 1.16. The second-order valence-corrected chi connectivity index (χ2v) is 5.46. The third-order valence-electron chi connectivity index (χ3n) is 3.26. The Morgan fingerprint density at radius 3 is 2.94 bits per heavy atom. The van der Waals surface area contributed by atoms with Crippen molar-refractivity contribution < 1.29 is 4.79 Å². The number of fused-ring (bicyclic) bond motifs is 1. The van der Waals surface area contributed by atoms with E-state index in [1.54, 1.807) is 11.3 Å². The van der Waals surface area contributed by atoms with Crippen LogP contribution in [-0.2, 0) is 0 Å². The summed E-state index contributed by atoms with van der Waals surface area (Å²) in [5, 5.41) is 3.15. The zero-order valence-electron chi connectivity index (χ0n) is 9.11. The topological polar surface area (TPSA) is 17.1 Å². The van der Waals surface area contributed by atoms with Gasteiger partial charge in [0.2, 0.25) is 0 Å². The SMILES string of the molecule is O=C(CCC1CC1)c1csc2ccccc12. The van der Waals surface area contributed by atoms with Gasteiger partial charge in [0.15, 0.2) is 5.78 Å². The van der Waals surface area contributed by atoms with Gasteiger partial charge in [0.25, 0.3) is 0 Å². The highest BCUT2D eigenvalue weighted by Crippen LogP contribution is 2.34. The fourth-order valence-corrected chi connectivity index (χ4v) is 3.04. The molecular weight excluding hydrogens is 216 g/mol. The van der Waals surface area contributed by atoms with Gasteiger partial charge in [-0.15, -0.1) is 11.3 Å². The van der Waals surface area contributed by atoms with Gasteiger partial charge in [-0.25, -0.2) is 0 Å². The Morgan fingerprint density at radius 2 is 2.12 bits per heavy atom. The van der Waals surface area contributed by atoms with Crippen molar-refractivity contribution in [3.63, 3.8) is 0 Å². The molecule has 0 spiro atoms. The van der Waals surface area contributed by atoms with E-state index in [0.717, 1.165) is 29.7 Å². The number of benzene rings is 1. The quantitative estimate of drug-likeness (QED) is 0.717. The van der Waals surface area contributed by atoms with Crippen molar-refractivity contribution in [3.8, 4) is 0 Å². The van der Waals surface area contributed by atoms with Crippen LogP contribution in [0.2, 0.25) is 0 Å². The Labute approximate surface area is 99.1 Å². The van der Waals surface area contributed by atoms with Crippen LogP contribution in [0.25, 0.3) is 10.1 Å². The van der Waals surface area contributed by atoms with Gasteiger partial charge in [-0.1, -0.05) is 31.0 Å². The molecule has 1 aromatic carbocycles. The van der Waals surface area contributed by atoms with Crippen LogP contribution in [0, 0.1) is 5.92 Å². The first-order chi connectivity index (χ1) is 7.84. The summed E-state index contributed by atoms with van der Waals surface area (Å²) in [6.07, 6.45) is 4.48. The van der Waals surface area contributed by atoms with Crippen LogP contribution in [0.15, 0.2) is 29.6 Å². The highest BCUT2D eigenvalue weighted by atomic mass is 32.1. The van der Waals surface area contributed by atoms with Crippen LogP contribution in [0.5, 0.6) is 0 Å². The minimum absolute atomic E-state index is 0.323. The van der Waals surface area contributed by atoms with Crippen LogP contribution in [0.1, 0.15) is 36.0 Å². The van der Waals surface area contributed by atoms with E-state index in [4.69, 9.17) is 0 Å². The number of rotatable bonds is 4. The molecule has 0 unspecified atom stereocenters. The van der Waals surface area contributed by atoms with Crippen molar-refractivity contribution in [2.75, 3.05) is 0 Å². The summed E-state index contributed by atoms with van der Waals surface area (Å²) in [4.78, 5) is 12.1. The number of Topliss-reactive ketones (excluding diaryl/α,β-unsaturated/α-hetero) is 1. The Kier molecular flexibility index (Phi) is 2.52. The van der Waals surface area contributed by atoms with E-state index in [9.17, 15) is 4.79 Å². The summed E-state index contributed by atoms with van der Waals surface area (Å²) in [6.45, 7) is 0. The average molecular weight is 230 g/mol. The van der Waals surface area contributed by atoms with Gasteiger partial charge in [0.05, 0.1) is 0 Å². The van der Waals surface area contributed by atoms with Crippen molar-refractivity contribution in [1.29, 1.82) is 0 Å². The smallest absolute Gasteiger partial charge is 0.164 e. The molecule has 0 bridgehead atoms. The molecule has 1 fully saturated rings. The summed E-state index contributed by atoms with van der Waals surface area (Å²) in [5.41, 5.74) is 0.932. The van der Waals surface area contributed by atoms with E-state index < -0.39 is 0 Å². The van der Waals surface area contributed by atoms with E-state index >= 15 is 0 Å². The molecule has 1 aliphatic rings. The van der Waals surface area contributed by atoms with Crippen molar-refractivity contribution >= 4 is 27.2 Å². The number of carbonyl (C=O) groups is 1. The van der Waals surface area contributed by atoms with E-state index in [1.807, 2.05) is 17.5 Å². The van der Waals surface area contributed by atoms with Gasteiger partial charge in [0, 0.05) is 27.5 Å². The minimum atomic E-state index is 0.323. The molecule has 1 heterocycles. The molecule has 2 aromatic rings. The molecule has 2 heteroatoms. The summed E-state index contributed by atoms with van der Waals surface area (Å²) in [6, 6.07) is 8.16. The lowest BCUT2D eigenvalue weighted by atomic mass is 10.0. The molecule has 1 nitrogen and oxygen atoms in total. The third kappa shape index (κ3) is 1.90. The fraction of sp³-hybridized carbons (Fsp3) is 0.357. The molecule has 0 saturated heterocycles. The van der Waals surface area contributed by atoms with Gasteiger partial charge < -0.3 is 0 Å². The monoisotopic (exact) mass is 230 g/mol. The molecule has 0 aliphatic heterocycles. The zero-order chi connectivity index (χ0) is 11.0. The minimum Gasteiger partial charge on any atom is -0.294 e. The van der Waals surface area contributed by atoms with Crippen molar-refractivity contribution in [2.45, 2.75) is 25.7 Å². The Morgan fingerprint density at radius 1 is 1.31 bits per heavy atom. The Hall–Kier alpha value is -1.15. The van der Waals surface area contributed by atoms with E-state index in [0.29, 0.717) is 5.78 Å². The van der Waals surface area contributed by atoms with Crippen LogP contribution >= 0.6 is 11.3 Å². The lowest BCUT2D eigenvalue weighted by Gasteiger charge is -1.98. The first kappa shape index (κ1) is 10.0. The molecule has 1 aromatic heterocycles. The predicted octanol–water partition coefficient (Wildman–Crippen LogP) is 4.27. The maximum atomic E-state index is 12.1. The molecule has 1 saturated carbocycles. The molecule has 0 atom stereocenters. The third-order valence-corrected chi connectivity index (χ3v) is 4.22. The highest BCUT2D eigenvalue weighted by Gasteiger charge is 2.22. The first-order valence-electron chi connectivity index (χ1n) is 5.84. The van der Waals surface area contributed by atoms with Gasteiger partial charge in [0.1, 0.15) is 0 Å². The Bertz CT molecular complexity index is 522. The molecule has 0 radical (unpaired) electrons. The number of hydrogen-bond donors (Lipinski definition) is 0. The van der Waals surface area contributed by atoms with Crippen LogP contribution < -0.4 is 0 Å². The maximum Gasteiger partial charge on any atom is 0.164 e. The van der Waals surface area contributed by atoms with Gasteiger partial charge in [-0.2, -0.15) is 0 Å². The van der Waals surface area contributed by atoms with E-state index in [2.05, 4.69) is 12.1 Å². The largest absolute Gasteiger partial charge is 0.294 e. The summed E-state index contributed by atoms with van der Waals surface area (Å²) < 4.78 is 1.22. The van der Waals surface area contributed by atoms with Gasteiger partial charge in [-0.3, -0.25) is 4.79 Å². The maximum absolute atomic E-state index is 12.1. The molecule has 0 amide bonds. The van der Waals surface area contributed by atoms with Crippen molar-refractivity contribution in [1.82, 2.24) is 0 Å². The number of hydrogen-bond acceptors (Lipinski definition) is 2. The predicted molar refractivity (Wildman–Crippen MR) is 68.1 cm³/mol. The number of ketones is 1. The highest BCUT2D eigenvalue weighted by molar-refractivity contribution is 7.17. The van der Waals surface area contributed by atoms with E-state index in [-0.39, 0.29) is 0 Å². The van der Waals surface area contributed by atoms with Crippen LogP contribution in [0.3, 0.4) is 0 Å². The number of thiophene rings is 1. The van der Waals surface area contributed by atoms with Gasteiger partial charge >= 0.3 is 0 Å². The van der Waals surface area contributed by atoms with Gasteiger partial charge in [-0.05, 0) is 18.4 Å². The molecule has 82 valence electrons. The average Bonchev–Trinajstić information content (AvgIpc) is 3.04. The van der Waals surface area contributed by atoms with E-state index in [1.165, 1.54) is 17.5 Å². The second-order valence-electron chi connectivity index (χ2n) is 4.55. The standard InChI is InChI=1S/C14H14OS/c15-13(8-7-10-5-6-10)12-9-16-14-4-2-1-3-11(12)14/h1-4,9-10H,5-8H2. The van der Waals surface area contributed by atoms with Crippen LogP contribution in [0.4, 0.5) is 0 Å². The Balaban J connectivity index is 1.83.